The van der Waals surface area contributed by atoms with Crippen LogP contribution in [0.4, 0.5) is 5.69 Å². The lowest BCUT2D eigenvalue weighted by molar-refractivity contribution is 0.354. The second kappa shape index (κ2) is 6.29. The Kier molecular flexibility index (Phi) is 4.47. The molecule has 0 spiro atoms. The first kappa shape index (κ1) is 13.5. The maximum absolute atomic E-state index is 5.83. The maximum Gasteiger partial charge on any atom is 0.161 e. The monoisotopic (exact) mass is 278 g/mol. The van der Waals surface area contributed by atoms with Gasteiger partial charge in [-0.15, -0.1) is 0 Å². The van der Waals surface area contributed by atoms with Crippen LogP contribution >= 0.6 is 11.6 Å². The summed E-state index contributed by atoms with van der Waals surface area (Å²) in [6.45, 7) is 0.667. The quantitative estimate of drug-likeness (QED) is 0.852. The summed E-state index contributed by atoms with van der Waals surface area (Å²) in [4.78, 5) is 3.93. The van der Waals surface area contributed by atoms with Gasteiger partial charge in [0.15, 0.2) is 11.5 Å². The number of rotatable bonds is 5. The van der Waals surface area contributed by atoms with Crippen LogP contribution in [-0.2, 0) is 6.54 Å². The number of aromatic nitrogens is 1. The highest BCUT2D eigenvalue weighted by molar-refractivity contribution is 6.29. The highest BCUT2D eigenvalue weighted by Crippen LogP contribution is 2.27. The standard InChI is InChI=1S/C14H15ClN2O2/c1-18-12-4-3-10(7-13(12)19-2)9-17-11-5-6-16-14(15)8-11/h3-8H,9H2,1-2H3,(H,16,17). The molecule has 0 unspecified atom stereocenters. The molecule has 0 aliphatic rings. The summed E-state index contributed by atoms with van der Waals surface area (Å²) >= 11 is 5.83. The number of benzene rings is 1. The van der Waals surface area contributed by atoms with E-state index in [1.54, 1.807) is 26.5 Å². The van der Waals surface area contributed by atoms with E-state index in [9.17, 15) is 0 Å². The van der Waals surface area contributed by atoms with Gasteiger partial charge in [-0.1, -0.05) is 17.7 Å². The summed E-state index contributed by atoms with van der Waals surface area (Å²) in [5.41, 5.74) is 2.01. The van der Waals surface area contributed by atoms with Gasteiger partial charge in [0.05, 0.1) is 14.2 Å². The van der Waals surface area contributed by atoms with Gasteiger partial charge in [0.25, 0.3) is 0 Å². The second-order valence-corrected chi connectivity index (χ2v) is 4.30. The summed E-state index contributed by atoms with van der Waals surface area (Å²) < 4.78 is 10.5. The van der Waals surface area contributed by atoms with E-state index in [-0.39, 0.29) is 0 Å². The van der Waals surface area contributed by atoms with Crippen molar-refractivity contribution in [3.63, 3.8) is 0 Å². The molecule has 0 aliphatic heterocycles. The van der Waals surface area contributed by atoms with Crippen LogP contribution < -0.4 is 14.8 Å². The van der Waals surface area contributed by atoms with E-state index >= 15 is 0 Å². The van der Waals surface area contributed by atoms with E-state index in [1.807, 2.05) is 24.3 Å². The fraction of sp³-hybridized carbons (Fsp3) is 0.214. The third-order valence-electron chi connectivity index (χ3n) is 2.67. The second-order valence-electron chi connectivity index (χ2n) is 3.91. The van der Waals surface area contributed by atoms with Gasteiger partial charge in [0.2, 0.25) is 0 Å². The smallest absolute Gasteiger partial charge is 0.161 e. The third-order valence-corrected chi connectivity index (χ3v) is 2.88. The van der Waals surface area contributed by atoms with Crippen molar-refractivity contribution in [1.82, 2.24) is 4.98 Å². The molecule has 0 atom stereocenters. The Bertz CT molecular complexity index is 561. The van der Waals surface area contributed by atoms with E-state index in [0.29, 0.717) is 11.7 Å². The molecule has 0 saturated carbocycles. The van der Waals surface area contributed by atoms with Crippen molar-refractivity contribution in [2.45, 2.75) is 6.54 Å². The van der Waals surface area contributed by atoms with Gasteiger partial charge < -0.3 is 14.8 Å². The molecule has 0 radical (unpaired) electrons. The van der Waals surface area contributed by atoms with Gasteiger partial charge in [-0.05, 0) is 29.8 Å². The molecule has 19 heavy (non-hydrogen) atoms. The van der Waals surface area contributed by atoms with Crippen molar-refractivity contribution in [3.8, 4) is 11.5 Å². The normalized spacial score (nSPS) is 10.1. The number of ether oxygens (including phenoxy) is 2. The van der Waals surface area contributed by atoms with Gasteiger partial charge in [0.1, 0.15) is 5.15 Å². The van der Waals surface area contributed by atoms with E-state index in [2.05, 4.69) is 10.3 Å². The fourth-order valence-electron chi connectivity index (χ4n) is 1.71. The van der Waals surface area contributed by atoms with E-state index < -0.39 is 0 Å². The Balaban J connectivity index is 2.07. The lowest BCUT2D eigenvalue weighted by Gasteiger charge is -2.11. The SMILES string of the molecule is COc1ccc(CNc2ccnc(Cl)c2)cc1OC. The van der Waals surface area contributed by atoms with Gasteiger partial charge in [-0.2, -0.15) is 0 Å². The van der Waals surface area contributed by atoms with Crippen molar-refractivity contribution < 1.29 is 9.47 Å². The Morgan fingerprint density at radius 2 is 1.89 bits per heavy atom. The number of hydrogen-bond donors (Lipinski definition) is 1. The summed E-state index contributed by atoms with van der Waals surface area (Å²) in [6.07, 6.45) is 1.67. The van der Waals surface area contributed by atoms with E-state index in [4.69, 9.17) is 21.1 Å². The first-order valence-electron chi connectivity index (χ1n) is 5.79. The van der Waals surface area contributed by atoms with Crippen LogP contribution in [0.1, 0.15) is 5.56 Å². The molecule has 2 rings (SSSR count). The van der Waals surface area contributed by atoms with E-state index in [0.717, 1.165) is 22.7 Å². The molecular weight excluding hydrogens is 264 g/mol. The number of anilines is 1. The molecule has 1 aromatic heterocycles. The minimum absolute atomic E-state index is 0.470. The maximum atomic E-state index is 5.83. The van der Waals surface area contributed by atoms with Crippen molar-refractivity contribution in [1.29, 1.82) is 0 Å². The summed E-state index contributed by atoms with van der Waals surface area (Å²) in [7, 11) is 3.24. The molecule has 5 heteroatoms. The molecule has 100 valence electrons. The van der Waals surface area contributed by atoms with Crippen LogP contribution in [0.5, 0.6) is 11.5 Å². The number of halogens is 1. The highest BCUT2D eigenvalue weighted by Gasteiger charge is 2.04. The number of methoxy groups -OCH3 is 2. The fourth-order valence-corrected chi connectivity index (χ4v) is 1.88. The van der Waals surface area contributed by atoms with Crippen LogP contribution in [0, 0.1) is 0 Å². The van der Waals surface area contributed by atoms with Crippen LogP contribution in [0.3, 0.4) is 0 Å². The Hall–Kier alpha value is -1.94. The van der Waals surface area contributed by atoms with Crippen LogP contribution in [0.25, 0.3) is 0 Å². The summed E-state index contributed by atoms with van der Waals surface area (Å²) in [5.74, 6) is 1.44. The average Bonchev–Trinajstić information content (AvgIpc) is 2.45. The van der Waals surface area contributed by atoms with Crippen molar-refractivity contribution in [2.24, 2.45) is 0 Å². The minimum Gasteiger partial charge on any atom is -0.493 e. The van der Waals surface area contributed by atoms with E-state index in [1.165, 1.54) is 0 Å². The zero-order valence-electron chi connectivity index (χ0n) is 10.8. The Morgan fingerprint density at radius 1 is 1.11 bits per heavy atom. The average molecular weight is 279 g/mol. The zero-order chi connectivity index (χ0) is 13.7. The summed E-state index contributed by atoms with van der Waals surface area (Å²) in [5, 5.41) is 3.74. The molecule has 0 saturated heterocycles. The lowest BCUT2D eigenvalue weighted by Crippen LogP contribution is -2.00. The molecule has 1 N–H and O–H groups in total. The topological polar surface area (TPSA) is 43.4 Å². The predicted molar refractivity (Wildman–Crippen MR) is 76.1 cm³/mol. The lowest BCUT2D eigenvalue weighted by atomic mass is 10.2. The highest BCUT2D eigenvalue weighted by atomic mass is 35.5. The largest absolute Gasteiger partial charge is 0.493 e. The number of nitrogens with zero attached hydrogens (tertiary/aromatic N) is 1. The van der Waals surface area contributed by atoms with Crippen LogP contribution in [0.15, 0.2) is 36.5 Å². The molecule has 2 aromatic rings. The molecule has 0 aliphatic carbocycles. The number of pyridine rings is 1. The van der Waals surface area contributed by atoms with Crippen LogP contribution in [0.2, 0.25) is 5.15 Å². The third kappa shape index (κ3) is 3.51. The Morgan fingerprint density at radius 3 is 2.58 bits per heavy atom. The Labute approximate surface area is 117 Å². The van der Waals surface area contributed by atoms with Gasteiger partial charge >= 0.3 is 0 Å². The van der Waals surface area contributed by atoms with Gasteiger partial charge in [-0.3, -0.25) is 0 Å². The predicted octanol–water partition coefficient (Wildman–Crippen LogP) is 3.36. The van der Waals surface area contributed by atoms with Gasteiger partial charge in [0, 0.05) is 18.4 Å². The first-order chi connectivity index (χ1) is 9.22. The minimum atomic E-state index is 0.470. The van der Waals surface area contributed by atoms with Crippen molar-refractivity contribution >= 4 is 17.3 Å². The molecule has 0 amide bonds. The van der Waals surface area contributed by atoms with Crippen LogP contribution in [-0.4, -0.2) is 19.2 Å². The molecule has 1 heterocycles. The summed E-state index contributed by atoms with van der Waals surface area (Å²) in [6, 6.07) is 9.45. The molecule has 0 bridgehead atoms. The molecule has 1 aromatic carbocycles. The molecule has 0 fully saturated rings. The number of hydrogen-bond acceptors (Lipinski definition) is 4. The van der Waals surface area contributed by atoms with Gasteiger partial charge in [-0.25, -0.2) is 4.98 Å². The molecular formula is C14H15ClN2O2. The van der Waals surface area contributed by atoms with Crippen molar-refractivity contribution in [2.75, 3.05) is 19.5 Å². The first-order valence-corrected chi connectivity index (χ1v) is 6.17. The van der Waals surface area contributed by atoms with Crippen molar-refractivity contribution in [3.05, 3.63) is 47.2 Å². The molecule has 4 nitrogen and oxygen atoms in total. The number of nitrogens with one attached hydrogen (secondary N) is 1. The zero-order valence-corrected chi connectivity index (χ0v) is 11.6.